The Kier molecular flexibility index (Phi) is 4.71. The van der Waals surface area contributed by atoms with Crippen molar-refractivity contribution in [2.24, 2.45) is 0 Å². The summed E-state index contributed by atoms with van der Waals surface area (Å²) < 4.78 is 4.81. The van der Waals surface area contributed by atoms with E-state index in [4.69, 9.17) is 4.74 Å². The minimum Gasteiger partial charge on any atom is -0.466 e. The number of nitrogens with zero attached hydrogens (tertiary/aromatic N) is 2. The Morgan fingerprint density at radius 2 is 2.05 bits per heavy atom. The first-order valence-corrected chi connectivity index (χ1v) is 6.64. The summed E-state index contributed by atoms with van der Waals surface area (Å²) in [5.41, 5.74) is 2.23. The molecule has 0 saturated carbocycles. The quantitative estimate of drug-likeness (QED) is 0.828. The number of aromatic amines is 1. The molecule has 0 unspecified atom stereocenters. The Labute approximate surface area is 123 Å². The van der Waals surface area contributed by atoms with Gasteiger partial charge < -0.3 is 4.74 Å². The minimum absolute atomic E-state index is 0.179. The van der Waals surface area contributed by atoms with E-state index in [9.17, 15) is 4.79 Å². The van der Waals surface area contributed by atoms with Crippen molar-refractivity contribution >= 4 is 17.9 Å². The summed E-state index contributed by atoms with van der Waals surface area (Å²) in [6.07, 6.45) is 3.19. The monoisotopic (exact) mass is 286 g/mol. The summed E-state index contributed by atoms with van der Waals surface area (Å²) in [4.78, 5) is 15.6. The van der Waals surface area contributed by atoms with E-state index in [0.29, 0.717) is 5.92 Å². The van der Waals surface area contributed by atoms with Crippen LogP contribution in [-0.4, -0.2) is 28.2 Å². The third kappa shape index (κ3) is 4.17. The van der Waals surface area contributed by atoms with Crippen molar-refractivity contribution in [1.82, 2.24) is 15.2 Å². The number of nitrogens with one attached hydrogen (secondary N) is 2. The molecule has 0 aliphatic rings. The molecule has 0 atom stereocenters. The average Bonchev–Trinajstić information content (AvgIpc) is 2.93. The molecule has 2 aromatic rings. The van der Waals surface area contributed by atoms with Gasteiger partial charge in [-0.2, -0.15) is 4.98 Å². The van der Waals surface area contributed by atoms with E-state index >= 15 is 0 Å². The molecule has 0 aliphatic heterocycles. The number of carbonyl (C=O) groups excluding carboxylic acids is 1. The summed E-state index contributed by atoms with van der Waals surface area (Å²) in [6.45, 7) is 4.29. The van der Waals surface area contributed by atoms with Crippen LogP contribution in [0.25, 0.3) is 6.08 Å². The van der Waals surface area contributed by atoms with Crippen molar-refractivity contribution in [2.45, 2.75) is 19.8 Å². The van der Waals surface area contributed by atoms with Gasteiger partial charge in [0, 0.05) is 6.08 Å². The number of rotatable bonds is 5. The maximum absolute atomic E-state index is 11.7. The lowest BCUT2D eigenvalue weighted by atomic mass is 10.0. The van der Waals surface area contributed by atoms with Gasteiger partial charge >= 0.3 is 6.01 Å². The van der Waals surface area contributed by atoms with Crippen molar-refractivity contribution in [2.75, 3.05) is 12.4 Å². The zero-order chi connectivity index (χ0) is 15.2. The van der Waals surface area contributed by atoms with Crippen molar-refractivity contribution in [3.05, 3.63) is 41.5 Å². The van der Waals surface area contributed by atoms with E-state index in [-0.39, 0.29) is 17.9 Å². The number of hydrogen-bond acceptors (Lipinski definition) is 4. The van der Waals surface area contributed by atoms with Crippen LogP contribution in [0.3, 0.4) is 0 Å². The lowest BCUT2D eigenvalue weighted by Crippen LogP contribution is -2.09. The SMILES string of the molecule is COc1n[nH]c(NC(=O)/C=C/c2ccc(C(C)C)cc2)n1. The fourth-order valence-corrected chi connectivity index (χ4v) is 1.72. The van der Waals surface area contributed by atoms with E-state index in [1.165, 1.54) is 18.7 Å². The number of ether oxygens (including phenoxy) is 1. The van der Waals surface area contributed by atoms with Crippen molar-refractivity contribution in [3.63, 3.8) is 0 Å². The first-order valence-electron chi connectivity index (χ1n) is 6.64. The van der Waals surface area contributed by atoms with Gasteiger partial charge in [0.15, 0.2) is 0 Å². The molecular weight excluding hydrogens is 268 g/mol. The molecule has 2 N–H and O–H groups in total. The predicted molar refractivity (Wildman–Crippen MR) is 81.1 cm³/mol. The van der Waals surface area contributed by atoms with Crippen molar-refractivity contribution < 1.29 is 9.53 Å². The molecule has 0 spiro atoms. The molecule has 0 aliphatic carbocycles. The Balaban J connectivity index is 1.95. The van der Waals surface area contributed by atoms with Crippen LogP contribution in [0.2, 0.25) is 0 Å². The molecule has 0 fully saturated rings. The molecule has 0 bridgehead atoms. The second-order valence-corrected chi connectivity index (χ2v) is 4.81. The fourth-order valence-electron chi connectivity index (χ4n) is 1.72. The predicted octanol–water partition coefficient (Wildman–Crippen LogP) is 2.59. The Morgan fingerprint density at radius 3 is 2.62 bits per heavy atom. The van der Waals surface area contributed by atoms with Gasteiger partial charge in [-0.3, -0.25) is 10.1 Å². The van der Waals surface area contributed by atoms with Gasteiger partial charge in [-0.05, 0) is 23.1 Å². The lowest BCUT2D eigenvalue weighted by molar-refractivity contribution is -0.111. The zero-order valence-electron chi connectivity index (χ0n) is 12.3. The molecule has 0 radical (unpaired) electrons. The highest BCUT2D eigenvalue weighted by Crippen LogP contribution is 2.15. The first-order chi connectivity index (χ1) is 10.1. The molecule has 2 rings (SSSR count). The van der Waals surface area contributed by atoms with Crippen LogP contribution >= 0.6 is 0 Å². The van der Waals surface area contributed by atoms with Crippen molar-refractivity contribution in [1.29, 1.82) is 0 Å². The van der Waals surface area contributed by atoms with Crippen LogP contribution in [0.15, 0.2) is 30.3 Å². The maximum Gasteiger partial charge on any atom is 0.336 e. The highest BCUT2D eigenvalue weighted by atomic mass is 16.5. The van der Waals surface area contributed by atoms with Gasteiger partial charge in [-0.25, -0.2) is 5.10 Å². The van der Waals surface area contributed by atoms with Gasteiger partial charge in [0.25, 0.3) is 5.91 Å². The molecular formula is C15H18N4O2. The Hall–Kier alpha value is -2.63. The molecule has 6 heteroatoms. The zero-order valence-corrected chi connectivity index (χ0v) is 12.3. The second kappa shape index (κ2) is 6.69. The maximum atomic E-state index is 11.7. The van der Waals surface area contributed by atoms with Crippen LogP contribution in [0.1, 0.15) is 30.9 Å². The minimum atomic E-state index is -0.290. The molecule has 21 heavy (non-hydrogen) atoms. The molecule has 1 amide bonds. The van der Waals surface area contributed by atoms with Gasteiger partial charge in [-0.1, -0.05) is 38.1 Å². The third-order valence-corrected chi connectivity index (χ3v) is 2.92. The van der Waals surface area contributed by atoms with E-state index in [0.717, 1.165) is 5.56 Å². The topological polar surface area (TPSA) is 79.9 Å². The van der Waals surface area contributed by atoms with E-state index in [1.807, 2.05) is 12.1 Å². The van der Waals surface area contributed by atoms with Gasteiger partial charge in [0.05, 0.1) is 7.11 Å². The highest BCUT2D eigenvalue weighted by molar-refractivity contribution is 6.00. The molecule has 1 aromatic heterocycles. The number of benzene rings is 1. The summed E-state index contributed by atoms with van der Waals surface area (Å²) >= 11 is 0. The molecule has 0 saturated heterocycles. The summed E-state index contributed by atoms with van der Waals surface area (Å²) in [7, 11) is 1.45. The van der Waals surface area contributed by atoms with Crippen LogP contribution in [-0.2, 0) is 4.79 Å². The van der Waals surface area contributed by atoms with Gasteiger partial charge in [0.1, 0.15) is 0 Å². The number of H-pyrrole nitrogens is 1. The van der Waals surface area contributed by atoms with Crippen LogP contribution in [0.4, 0.5) is 5.95 Å². The highest BCUT2D eigenvalue weighted by Gasteiger charge is 2.04. The van der Waals surface area contributed by atoms with E-state index in [1.54, 1.807) is 6.08 Å². The van der Waals surface area contributed by atoms with Gasteiger partial charge in [-0.15, -0.1) is 5.10 Å². The number of methoxy groups -OCH3 is 1. The molecule has 1 heterocycles. The van der Waals surface area contributed by atoms with Crippen LogP contribution in [0, 0.1) is 0 Å². The van der Waals surface area contributed by atoms with Crippen LogP contribution < -0.4 is 10.1 Å². The normalized spacial score (nSPS) is 11.0. The smallest absolute Gasteiger partial charge is 0.336 e. The van der Waals surface area contributed by atoms with Crippen molar-refractivity contribution in [3.8, 4) is 6.01 Å². The number of anilines is 1. The number of hydrogen-bond donors (Lipinski definition) is 2. The largest absolute Gasteiger partial charge is 0.466 e. The number of amides is 1. The Morgan fingerprint density at radius 1 is 1.33 bits per heavy atom. The van der Waals surface area contributed by atoms with E-state index < -0.39 is 0 Å². The van der Waals surface area contributed by atoms with Gasteiger partial charge in [0.2, 0.25) is 5.95 Å². The molecule has 1 aromatic carbocycles. The number of aromatic nitrogens is 3. The summed E-state index contributed by atoms with van der Waals surface area (Å²) in [5.74, 6) is 0.450. The fraction of sp³-hybridized carbons (Fsp3) is 0.267. The molecule has 110 valence electrons. The Bertz CT molecular complexity index is 629. The van der Waals surface area contributed by atoms with E-state index in [2.05, 4.69) is 46.5 Å². The summed E-state index contributed by atoms with van der Waals surface area (Å²) in [6, 6.07) is 8.26. The first kappa shape index (κ1) is 14.8. The third-order valence-electron chi connectivity index (χ3n) is 2.92. The average molecular weight is 286 g/mol. The molecule has 6 nitrogen and oxygen atoms in total. The second-order valence-electron chi connectivity index (χ2n) is 4.81. The number of carbonyl (C=O) groups is 1. The summed E-state index contributed by atoms with van der Waals surface area (Å²) in [5, 5.41) is 8.85. The van der Waals surface area contributed by atoms with Crippen LogP contribution in [0.5, 0.6) is 6.01 Å². The lowest BCUT2D eigenvalue weighted by Gasteiger charge is -2.04. The standard InChI is InChI=1S/C15H18N4O2/c1-10(2)12-7-4-11(5-8-12)6-9-13(20)16-14-17-15(21-3)19-18-14/h4-10H,1-3H3,(H2,16,17,18,19,20)/b9-6+.